The molecule has 0 aromatic carbocycles. The number of hydrogen-bond donors (Lipinski definition) is 0. The van der Waals surface area contributed by atoms with Crippen molar-refractivity contribution in [2.75, 3.05) is 38.7 Å². The van der Waals surface area contributed by atoms with Gasteiger partial charge in [-0.1, -0.05) is 11.8 Å². The van der Waals surface area contributed by atoms with Gasteiger partial charge < -0.3 is 14.4 Å². The molecular formula is C18H21N3O4S2. The molecule has 0 atom stereocenters. The molecule has 27 heavy (non-hydrogen) atoms. The molecule has 0 N–H and O–H groups in total. The molecule has 4 heterocycles. The van der Waals surface area contributed by atoms with Crippen LogP contribution in [0.15, 0.2) is 9.95 Å². The molecule has 0 unspecified atom stereocenters. The van der Waals surface area contributed by atoms with Gasteiger partial charge in [-0.2, -0.15) is 0 Å². The first-order chi connectivity index (χ1) is 13.2. The molecule has 1 aliphatic carbocycles. The zero-order valence-corrected chi connectivity index (χ0v) is 16.6. The summed E-state index contributed by atoms with van der Waals surface area (Å²) in [4.78, 5) is 34.3. The Hall–Kier alpha value is -1.42. The van der Waals surface area contributed by atoms with Crippen molar-refractivity contribution < 1.29 is 14.3 Å². The van der Waals surface area contributed by atoms with Gasteiger partial charge in [0.2, 0.25) is 5.91 Å². The number of thioether (sulfide) groups is 1. The first-order valence-corrected chi connectivity index (χ1v) is 11.2. The normalized spacial score (nSPS) is 20.1. The molecule has 5 rings (SSSR count). The minimum absolute atomic E-state index is 0.0585. The Kier molecular flexibility index (Phi) is 4.71. The highest BCUT2D eigenvalue weighted by molar-refractivity contribution is 7.99. The number of ether oxygens (including phenoxy) is 2. The maximum atomic E-state index is 13.3. The molecule has 0 bridgehead atoms. The molecule has 1 amide bonds. The van der Waals surface area contributed by atoms with Gasteiger partial charge in [-0.3, -0.25) is 14.2 Å². The van der Waals surface area contributed by atoms with Crippen molar-refractivity contribution in [1.82, 2.24) is 14.5 Å². The number of amides is 1. The van der Waals surface area contributed by atoms with Crippen LogP contribution in [-0.2, 0) is 27.3 Å². The minimum atomic E-state index is 0.0585. The quantitative estimate of drug-likeness (QED) is 0.569. The third-order valence-electron chi connectivity index (χ3n) is 5.24. The summed E-state index contributed by atoms with van der Waals surface area (Å²) in [6.07, 6.45) is 2.79. The Bertz CT molecular complexity index is 944. The van der Waals surface area contributed by atoms with E-state index in [4.69, 9.17) is 14.5 Å². The third-order valence-corrected chi connectivity index (χ3v) is 7.28. The Balaban J connectivity index is 1.47. The van der Waals surface area contributed by atoms with E-state index in [2.05, 4.69) is 0 Å². The van der Waals surface area contributed by atoms with Crippen LogP contribution in [0.2, 0.25) is 0 Å². The molecule has 1 saturated carbocycles. The molecule has 9 heteroatoms. The summed E-state index contributed by atoms with van der Waals surface area (Å²) in [5.74, 6) is 0.387. The Morgan fingerprint density at radius 1 is 1.22 bits per heavy atom. The van der Waals surface area contributed by atoms with Crippen LogP contribution in [0, 0.1) is 0 Å². The zero-order valence-electron chi connectivity index (χ0n) is 14.9. The summed E-state index contributed by atoms with van der Waals surface area (Å²) < 4.78 is 12.7. The Labute approximate surface area is 164 Å². The molecule has 0 spiro atoms. The number of thiophene rings is 1. The van der Waals surface area contributed by atoms with Gasteiger partial charge in [-0.25, -0.2) is 4.98 Å². The molecular weight excluding hydrogens is 386 g/mol. The predicted molar refractivity (Wildman–Crippen MR) is 104 cm³/mol. The van der Waals surface area contributed by atoms with Crippen LogP contribution in [0.4, 0.5) is 0 Å². The number of carbonyl (C=O) groups excluding carboxylic acids is 1. The van der Waals surface area contributed by atoms with Crippen molar-refractivity contribution in [3.05, 3.63) is 20.8 Å². The Morgan fingerprint density at radius 2 is 2.04 bits per heavy atom. The largest absolute Gasteiger partial charge is 0.378 e. The van der Waals surface area contributed by atoms with Gasteiger partial charge in [-0.15, -0.1) is 11.3 Å². The fourth-order valence-electron chi connectivity index (χ4n) is 3.65. The van der Waals surface area contributed by atoms with Crippen molar-refractivity contribution in [3.8, 4) is 0 Å². The zero-order chi connectivity index (χ0) is 18.4. The highest BCUT2D eigenvalue weighted by atomic mass is 32.2. The van der Waals surface area contributed by atoms with Crippen molar-refractivity contribution >= 4 is 39.2 Å². The topological polar surface area (TPSA) is 73.7 Å². The lowest BCUT2D eigenvalue weighted by Crippen LogP contribution is -2.41. The lowest BCUT2D eigenvalue weighted by molar-refractivity contribution is -0.132. The number of nitrogens with zero attached hydrogens (tertiary/aromatic N) is 3. The van der Waals surface area contributed by atoms with Gasteiger partial charge in [0.25, 0.3) is 5.56 Å². The lowest BCUT2D eigenvalue weighted by atomic mass is 10.1. The van der Waals surface area contributed by atoms with Crippen LogP contribution in [0.1, 0.15) is 29.3 Å². The Morgan fingerprint density at radius 3 is 2.81 bits per heavy atom. The van der Waals surface area contributed by atoms with Crippen LogP contribution in [0.5, 0.6) is 0 Å². The van der Waals surface area contributed by atoms with Crippen LogP contribution in [0.3, 0.4) is 0 Å². The summed E-state index contributed by atoms with van der Waals surface area (Å²) in [7, 11) is 0. The summed E-state index contributed by atoms with van der Waals surface area (Å²) in [5.41, 5.74) is 1.18. The average molecular weight is 408 g/mol. The first-order valence-electron chi connectivity index (χ1n) is 9.35. The summed E-state index contributed by atoms with van der Waals surface area (Å²) in [5, 5.41) is 1.45. The maximum Gasteiger partial charge on any atom is 0.263 e. The summed E-state index contributed by atoms with van der Waals surface area (Å²) >= 11 is 2.94. The molecule has 1 saturated heterocycles. The van der Waals surface area contributed by atoms with Gasteiger partial charge in [0.15, 0.2) is 5.16 Å². The van der Waals surface area contributed by atoms with E-state index in [1.807, 2.05) is 9.47 Å². The second kappa shape index (κ2) is 7.20. The lowest BCUT2D eigenvalue weighted by Gasteiger charge is -2.26. The van der Waals surface area contributed by atoms with Gasteiger partial charge in [0.1, 0.15) is 4.83 Å². The van der Waals surface area contributed by atoms with E-state index in [1.165, 1.54) is 11.8 Å². The average Bonchev–Trinajstić information content (AvgIpc) is 3.46. The van der Waals surface area contributed by atoms with Crippen LogP contribution >= 0.6 is 23.1 Å². The van der Waals surface area contributed by atoms with Crippen LogP contribution in [-0.4, -0.2) is 59.0 Å². The third kappa shape index (κ3) is 3.30. The van der Waals surface area contributed by atoms with Gasteiger partial charge in [0, 0.05) is 24.0 Å². The monoisotopic (exact) mass is 407 g/mol. The van der Waals surface area contributed by atoms with Crippen molar-refractivity contribution in [1.29, 1.82) is 0 Å². The van der Waals surface area contributed by atoms with E-state index in [-0.39, 0.29) is 17.5 Å². The van der Waals surface area contributed by atoms with Crippen molar-refractivity contribution in [2.45, 2.75) is 37.1 Å². The second-order valence-electron chi connectivity index (χ2n) is 7.07. The maximum absolute atomic E-state index is 13.3. The predicted octanol–water partition coefficient (Wildman–Crippen LogP) is 1.82. The van der Waals surface area contributed by atoms with E-state index in [0.29, 0.717) is 50.4 Å². The van der Waals surface area contributed by atoms with E-state index < -0.39 is 0 Å². The highest BCUT2D eigenvalue weighted by Gasteiger charge is 2.31. The van der Waals surface area contributed by atoms with E-state index in [1.54, 1.807) is 11.3 Å². The number of morpholine rings is 1. The second-order valence-corrected chi connectivity index (χ2v) is 9.10. The smallest absolute Gasteiger partial charge is 0.263 e. The van der Waals surface area contributed by atoms with E-state index >= 15 is 0 Å². The van der Waals surface area contributed by atoms with E-state index in [9.17, 15) is 9.59 Å². The first kappa shape index (κ1) is 17.7. The minimum Gasteiger partial charge on any atom is -0.378 e. The summed E-state index contributed by atoms with van der Waals surface area (Å²) in [6, 6.07) is 0.228. The molecule has 0 radical (unpaired) electrons. The van der Waals surface area contributed by atoms with Crippen molar-refractivity contribution in [3.63, 3.8) is 0 Å². The molecule has 144 valence electrons. The number of carbonyl (C=O) groups is 1. The molecule has 2 aromatic heterocycles. The van der Waals surface area contributed by atoms with Gasteiger partial charge >= 0.3 is 0 Å². The number of hydrogen-bond acceptors (Lipinski definition) is 7. The molecule has 2 aliphatic heterocycles. The van der Waals surface area contributed by atoms with Crippen LogP contribution < -0.4 is 5.56 Å². The fourth-order valence-corrected chi connectivity index (χ4v) is 5.82. The fraction of sp³-hybridized carbons (Fsp3) is 0.611. The standard InChI is InChI=1S/C18H21N3O4S2/c22-14(20-4-7-24-8-5-20)10-26-18-19-16-15(17(23)21(18)11-1-2-11)12-3-6-25-9-13(12)27-16/h11H,1-10H2. The summed E-state index contributed by atoms with van der Waals surface area (Å²) in [6.45, 7) is 3.69. The van der Waals surface area contributed by atoms with E-state index in [0.717, 1.165) is 39.9 Å². The molecule has 2 aromatic rings. The number of aromatic nitrogens is 2. The van der Waals surface area contributed by atoms with Crippen LogP contribution in [0.25, 0.3) is 10.2 Å². The SMILES string of the molecule is O=C(CSc1nc2sc3c(c2c(=O)n1C1CC1)CCOC3)N1CCOCC1. The van der Waals surface area contributed by atoms with Crippen molar-refractivity contribution in [2.24, 2.45) is 0 Å². The molecule has 7 nitrogen and oxygen atoms in total. The number of fused-ring (bicyclic) bond motifs is 3. The van der Waals surface area contributed by atoms with Gasteiger partial charge in [0.05, 0.1) is 37.6 Å². The van der Waals surface area contributed by atoms with Gasteiger partial charge in [-0.05, 0) is 24.8 Å². The number of rotatable bonds is 4. The molecule has 3 aliphatic rings. The highest BCUT2D eigenvalue weighted by Crippen LogP contribution is 2.39. The molecule has 2 fully saturated rings.